The number of aryl methyl sites for hydroxylation is 1. The van der Waals surface area contributed by atoms with Crippen molar-refractivity contribution in [2.45, 2.75) is 38.3 Å². The van der Waals surface area contributed by atoms with E-state index in [1.807, 2.05) is 31.1 Å². The molecule has 1 saturated carbocycles. The zero-order valence-electron chi connectivity index (χ0n) is 20.4. The Morgan fingerprint density at radius 3 is 2.83 bits per heavy atom. The van der Waals surface area contributed by atoms with E-state index in [1.165, 1.54) is 23.1 Å². The molecule has 1 amide bonds. The lowest BCUT2D eigenvalue weighted by Crippen LogP contribution is -2.46. The largest absolute Gasteiger partial charge is 0.494 e. The van der Waals surface area contributed by atoms with Crippen LogP contribution in [0.15, 0.2) is 29.6 Å². The minimum atomic E-state index is 0. The van der Waals surface area contributed by atoms with Gasteiger partial charge in [-0.15, -0.1) is 23.7 Å². The number of likely N-dealkylation sites (N-methyl/N-ethyl adjacent to an activating group) is 1. The topological polar surface area (TPSA) is 64.3 Å². The number of hydrogen-bond acceptors (Lipinski definition) is 5. The maximum atomic E-state index is 13.4. The first-order chi connectivity index (χ1) is 16.6. The fourth-order valence-corrected chi connectivity index (χ4v) is 6.21. The molecule has 1 atom stereocenters. The van der Waals surface area contributed by atoms with Crippen molar-refractivity contribution in [1.29, 1.82) is 0 Å². The zero-order chi connectivity index (χ0) is 23.4. The summed E-state index contributed by atoms with van der Waals surface area (Å²) in [4.78, 5) is 21.7. The quantitative estimate of drug-likeness (QED) is 0.397. The molecule has 9 heteroatoms. The molecule has 186 valence electrons. The molecule has 1 saturated heterocycles. The van der Waals surface area contributed by atoms with Crippen molar-refractivity contribution in [1.82, 2.24) is 24.3 Å². The second-order valence-electron chi connectivity index (χ2n) is 9.68. The molecule has 4 aromatic rings. The lowest BCUT2D eigenvalue weighted by atomic mass is 10.0. The van der Waals surface area contributed by atoms with Crippen molar-refractivity contribution in [3.8, 4) is 17.3 Å². The van der Waals surface area contributed by atoms with Gasteiger partial charge in [-0.3, -0.25) is 4.79 Å². The molecule has 2 fully saturated rings. The van der Waals surface area contributed by atoms with Crippen LogP contribution in [0.25, 0.3) is 32.8 Å². The monoisotopic (exact) mass is 513 g/mol. The molecule has 2 aliphatic rings. The number of benzene rings is 1. The lowest BCUT2D eigenvalue weighted by molar-refractivity contribution is 0.0698. The number of thiophene rings is 1. The van der Waals surface area contributed by atoms with Gasteiger partial charge in [-0.2, -0.15) is 0 Å². The molecule has 0 radical (unpaired) electrons. The Morgan fingerprint density at radius 2 is 2.09 bits per heavy atom. The maximum absolute atomic E-state index is 13.4. The van der Waals surface area contributed by atoms with E-state index < -0.39 is 0 Å². The summed E-state index contributed by atoms with van der Waals surface area (Å²) in [7, 11) is 5.67. The number of fused-ring (bicyclic) bond motifs is 2. The Balaban J connectivity index is 0.00000253. The Morgan fingerprint density at radius 1 is 1.26 bits per heavy atom. The summed E-state index contributed by atoms with van der Waals surface area (Å²) in [6, 6.07) is 8.59. The van der Waals surface area contributed by atoms with E-state index >= 15 is 0 Å². The highest BCUT2D eigenvalue weighted by molar-refractivity contribution is 7.16. The number of amides is 1. The van der Waals surface area contributed by atoms with Gasteiger partial charge in [0.05, 0.1) is 18.3 Å². The summed E-state index contributed by atoms with van der Waals surface area (Å²) in [6.07, 6.45) is 4.72. The van der Waals surface area contributed by atoms with Gasteiger partial charge in [0, 0.05) is 43.7 Å². The van der Waals surface area contributed by atoms with Gasteiger partial charge in [0.15, 0.2) is 5.82 Å². The second kappa shape index (κ2) is 9.48. The molecule has 0 spiro atoms. The van der Waals surface area contributed by atoms with Gasteiger partial charge in [-0.1, -0.05) is 0 Å². The Hall–Kier alpha value is -2.55. The van der Waals surface area contributed by atoms with E-state index in [2.05, 4.69) is 32.0 Å². The molecule has 0 unspecified atom stereocenters. The predicted molar refractivity (Wildman–Crippen MR) is 144 cm³/mol. The number of aromatic nitrogens is 3. The first-order valence-electron chi connectivity index (χ1n) is 12.2. The van der Waals surface area contributed by atoms with Crippen LogP contribution in [0.5, 0.6) is 5.75 Å². The first kappa shape index (κ1) is 24.2. The number of methoxy groups -OCH3 is 1. The third-order valence-corrected chi connectivity index (χ3v) is 8.34. The van der Waals surface area contributed by atoms with Crippen molar-refractivity contribution in [2.24, 2.45) is 13.0 Å². The van der Waals surface area contributed by atoms with Crippen LogP contribution in [0.2, 0.25) is 0 Å². The number of piperidine rings is 1. The van der Waals surface area contributed by atoms with Crippen molar-refractivity contribution in [3.05, 3.63) is 35.2 Å². The van der Waals surface area contributed by atoms with Crippen molar-refractivity contribution >= 4 is 50.9 Å². The van der Waals surface area contributed by atoms with Crippen LogP contribution in [-0.2, 0) is 13.6 Å². The van der Waals surface area contributed by atoms with Gasteiger partial charge in [-0.05, 0) is 68.3 Å². The van der Waals surface area contributed by atoms with E-state index in [0.717, 1.165) is 60.9 Å². The molecule has 35 heavy (non-hydrogen) atoms. The summed E-state index contributed by atoms with van der Waals surface area (Å²) in [5.41, 5.74) is 3.49. The van der Waals surface area contributed by atoms with Crippen molar-refractivity contribution in [2.75, 3.05) is 27.2 Å². The number of carbonyl (C=O) groups excluding carboxylic acids is 1. The van der Waals surface area contributed by atoms with Crippen LogP contribution < -0.4 is 10.1 Å². The van der Waals surface area contributed by atoms with Crippen molar-refractivity contribution in [3.63, 3.8) is 0 Å². The molecule has 0 bridgehead atoms. The zero-order valence-corrected chi connectivity index (χ0v) is 22.0. The average molecular weight is 514 g/mol. The van der Waals surface area contributed by atoms with Crippen LogP contribution in [0.4, 0.5) is 0 Å². The van der Waals surface area contributed by atoms with E-state index in [1.54, 1.807) is 18.4 Å². The number of nitrogens with one attached hydrogen (secondary N) is 1. The number of halogens is 1. The molecule has 1 aliphatic carbocycles. The minimum absolute atomic E-state index is 0. The summed E-state index contributed by atoms with van der Waals surface area (Å²) >= 11 is 1.79. The van der Waals surface area contributed by atoms with E-state index in [4.69, 9.17) is 9.72 Å². The van der Waals surface area contributed by atoms with Crippen molar-refractivity contribution < 1.29 is 9.53 Å². The lowest BCUT2D eigenvalue weighted by Gasteiger charge is -2.32. The van der Waals surface area contributed by atoms with E-state index in [0.29, 0.717) is 17.4 Å². The van der Waals surface area contributed by atoms with E-state index in [-0.39, 0.29) is 18.3 Å². The fraction of sp³-hybridized carbons (Fsp3) is 0.462. The highest BCUT2D eigenvalue weighted by Crippen LogP contribution is 2.39. The van der Waals surface area contributed by atoms with Gasteiger partial charge in [-0.25, -0.2) is 4.98 Å². The summed E-state index contributed by atoms with van der Waals surface area (Å²) in [5.74, 6) is 2.41. The SMILES string of the molecule is CN[C@@H]1CCCN(C(=O)c2cc(OC)c3c(c2)nc(-c2cc4ccsc4n2CC2CC2)n3C)C1.Cl. The van der Waals surface area contributed by atoms with Gasteiger partial charge in [0.1, 0.15) is 16.1 Å². The van der Waals surface area contributed by atoms with Crippen LogP contribution in [0.3, 0.4) is 0 Å². The molecule has 1 aliphatic heterocycles. The van der Waals surface area contributed by atoms with Crippen LogP contribution in [0.1, 0.15) is 36.0 Å². The molecule has 1 N–H and O–H groups in total. The summed E-state index contributed by atoms with van der Waals surface area (Å²) < 4.78 is 10.3. The smallest absolute Gasteiger partial charge is 0.254 e. The number of hydrogen-bond donors (Lipinski definition) is 1. The molecule has 7 nitrogen and oxygen atoms in total. The molecular formula is C26H32ClN5O2S. The molecule has 6 rings (SSSR count). The van der Waals surface area contributed by atoms with Gasteiger partial charge in [0.25, 0.3) is 5.91 Å². The minimum Gasteiger partial charge on any atom is -0.494 e. The van der Waals surface area contributed by atoms with Gasteiger partial charge in [0.2, 0.25) is 0 Å². The van der Waals surface area contributed by atoms with E-state index in [9.17, 15) is 4.79 Å². The Labute approximate surface area is 215 Å². The maximum Gasteiger partial charge on any atom is 0.254 e. The van der Waals surface area contributed by atoms with Gasteiger partial charge >= 0.3 is 0 Å². The average Bonchev–Trinajstić information content (AvgIpc) is 3.31. The Kier molecular flexibility index (Phi) is 6.55. The van der Waals surface area contributed by atoms with Crippen LogP contribution in [0, 0.1) is 5.92 Å². The number of carbonyl (C=O) groups is 1. The first-order valence-corrected chi connectivity index (χ1v) is 13.0. The Bertz CT molecular complexity index is 1390. The summed E-state index contributed by atoms with van der Waals surface area (Å²) in [5, 5.41) is 6.74. The number of nitrogens with zero attached hydrogens (tertiary/aromatic N) is 4. The highest BCUT2D eigenvalue weighted by atomic mass is 35.5. The standard InChI is InChI=1S/C26H31N5O2S.ClH/c1-27-19-5-4-9-30(15-19)25(32)18-11-20-23(22(13-18)33-3)29(2)24(28-20)21-12-17-8-10-34-26(17)31(21)14-16-6-7-16;/h8,10-13,16,19,27H,4-7,9,14-15H2,1-3H3;1H/t19-;/m1./s1. The predicted octanol–water partition coefficient (Wildman–Crippen LogP) is 4.92. The normalized spacial score (nSPS) is 18.3. The third-order valence-electron chi connectivity index (χ3n) is 7.39. The fourth-order valence-electron chi connectivity index (χ4n) is 5.30. The molecule has 3 aromatic heterocycles. The summed E-state index contributed by atoms with van der Waals surface area (Å²) in [6.45, 7) is 2.55. The highest BCUT2D eigenvalue weighted by Gasteiger charge is 2.28. The third kappa shape index (κ3) is 4.21. The molecule has 4 heterocycles. The number of likely N-dealkylation sites (tertiary alicyclic amines) is 1. The van der Waals surface area contributed by atoms with Gasteiger partial charge < -0.3 is 24.1 Å². The second-order valence-corrected chi connectivity index (χ2v) is 10.6. The van der Waals surface area contributed by atoms with Crippen LogP contribution >= 0.6 is 23.7 Å². The number of imidazole rings is 1. The number of rotatable bonds is 6. The molecule has 1 aromatic carbocycles. The molecular weight excluding hydrogens is 482 g/mol. The van der Waals surface area contributed by atoms with Crippen LogP contribution in [-0.4, -0.2) is 58.2 Å². The number of ether oxygens (including phenoxy) is 1.